The van der Waals surface area contributed by atoms with E-state index in [9.17, 15) is 0 Å². The molecular formula is C42H34Si2. The predicted molar refractivity (Wildman–Crippen MR) is 197 cm³/mol. The van der Waals surface area contributed by atoms with Crippen molar-refractivity contribution in [2.24, 2.45) is 0 Å². The van der Waals surface area contributed by atoms with Crippen molar-refractivity contribution < 1.29 is 0 Å². The summed E-state index contributed by atoms with van der Waals surface area (Å²) in [7, 11) is -5.04. The third-order valence-corrected chi connectivity index (χ3v) is 18.0. The average molecular weight is 595 g/mol. The minimum absolute atomic E-state index is 1.25. The van der Waals surface area contributed by atoms with Crippen LogP contribution >= 0.6 is 0 Å². The van der Waals surface area contributed by atoms with Crippen molar-refractivity contribution in [2.45, 2.75) is 0 Å². The van der Waals surface area contributed by atoms with Crippen LogP contribution in [-0.4, -0.2) is 16.1 Å². The van der Waals surface area contributed by atoms with E-state index in [1.54, 1.807) is 0 Å². The van der Waals surface area contributed by atoms with Crippen molar-refractivity contribution in [3.63, 3.8) is 0 Å². The van der Waals surface area contributed by atoms with Crippen LogP contribution in [0.15, 0.2) is 194 Å². The maximum atomic E-state index is 4.51. The van der Waals surface area contributed by atoms with Crippen LogP contribution in [0, 0.1) is 0 Å². The number of hydrogen-bond donors (Lipinski definition) is 0. The first-order valence-corrected chi connectivity index (χ1v) is 19.3. The average Bonchev–Trinajstić information content (AvgIpc) is 3.10. The fraction of sp³-hybridized carbons (Fsp3) is 0. The second kappa shape index (κ2) is 11.6. The summed E-state index contributed by atoms with van der Waals surface area (Å²) in [5, 5.41) is 13.1. The van der Waals surface area contributed by atoms with Gasteiger partial charge in [0.2, 0.25) is 0 Å². The summed E-state index contributed by atoms with van der Waals surface area (Å²) < 4.78 is 0. The quantitative estimate of drug-likeness (QED) is 0.109. The van der Waals surface area contributed by atoms with E-state index < -0.39 is 16.1 Å². The van der Waals surface area contributed by atoms with Crippen molar-refractivity contribution in [3.05, 3.63) is 194 Å². The van der Waals surface area contributed by atoms with Crippen LogP contribution in [0.1, 0.15) is 0 Å². The van der Waals surface area contributed by atoms with Crippen LogP contribution < -0.4 is 31.1 Å². The minimum atomic E-state index is -2.56. The van der Waals surface area contributed by atoms with Gasteiger partial charge in [-0.15, -0.1) is 13.2 Å². The van der Waals surface area contributed by atoms with E-state index in [1.165, 1.54) is 52.7 Å². The number of fused-ring (bicyclic) bond motifs is 2. The molecule has 44 heavy (non-hydrogen) atoms. The predicted octanol–water partition coefficient (Wildman–Crippen LogP) is 6.38. The topological polar surface area (TPSA) is 0 Å². The lowest BCUT2D eigenvalue weighted by atomic mass is 10.0. The van der Waals surface area contributed by atoms with Crippen LogP contribution in [0.2, 0.25) is 0 Å². The summed E-state index contributed by atoms with van der Waals surface area (Å²) in [6.07, 6.45) is 0. The smallest absolute Gasteiger partial charge is 0.106 e. The van der Waals surface area contributed by atoms with Gasteiger partial charge in [-0.1, -0.05) is 169 Å². The summed E-state index contributed by atoms with van der Waals surface area (Å²) >= 11 is 0. The van der Waals surface area contributed by atoms with E-state index in [-0.39, 0.29) is 0 Å². The molecule has 7 aromatic carbocycles. The summed E-state index contributed by atoms with van der Waals surface area (Å²) in [6.45, 7) is 8.99. The van der Waals surface area contributed by atoms with Gasteiger partial charge in [-0.25, -0.2) is 0 Å². The summed E-state index contributed by atoms with van der Waals surface area (Å²) in [6, 6.07) is 62.5. The van der Waals surface area contributed by atoms with E-state index in [0.29, 0.717) is 0 Å². The normalized spacial score (nSPS) is 11.8. The summed E-state index contributed by atoms with van der Waals surface area (Å²) in [5.41, 5.74) is 4.50. The van der Waals surface area contributed by atoms with Crippen LogP contribution in [-0.2, 0) is 0 Å². The SMILES string of the molecule is C=C[Si](c1ccccc1)(c1ccccc1)c1ccc2cc3cccc([Si](C=C)(c4ccccc4)c4ccccc4)c3cc2c1. The molecule has 0 aliphatic carbocycles. The van der Waals surface area contributed by atoms with Gasteiger partial charge in [-0.05, 0) is 64.8 Å². The molecule has 210 valence electrons. The Morgan fingerprint density at radius 1 is 0.341 bits per heavy atom. The fourth-order valence-electron chi connectivity index (χ4n) is 7.09. The Morgan fingerprint density at radius 3 is 1.30 bits per heavy atom. The van der Waals surface area contributed by atoms with Gasteiger partial charge in [0.05, 0.1) is 0 Å². The highest BCUT2D eigenvalue weighted by atomic mass is 28.3. The monoisotopic (exact) mass is 594 g/mol. The molecule has 0 saturated carbocycles. The maximum absolute atomic E-state index is 4.51. The summed E-state index contributed by atoms with van der Waals surface area (Å²) in [4.78, 5) is 0. The first-order valence-electron chi connectivity index (χ1n) is 15.2. The van der Waals surface area contributed by atoms with E-state index >= 15 is 0 Å². The third kappa shape index (κ3) is 4.43. The zero-order valence-electron chi connectivity index (χ0n) is 24.7. The lowest BCUT2D eigenvalue weighted by Gasteiger charge is -2.32. The Labute approximate surface area is 262 Å². The van der Waals surface area contributed by atoms with Crippen molar-refractivity contribution in [1.82, 2.24) is 0 Å². The molecule has 0 aromatic heterocycles. The molecule has 0 fully saturated rings. The fourth-order valence-corrected chi connectivity index (χ4v) is 15.1. The highest BCUT2D eigenvalue weighted by molar-refractivity contribution is 7.16. The van der Waals surface area contributed by atoms with Crippen molar-refractivity contribution in [3.8, 4) is 0 Å². The number of benzene rings is 7. The Hall–Kier alpha value is -5.03. The number of rotatable bonds is 8. The molecule has 2 heteroatoms. The van der Waals surface area contributed by atoms with Crippen LogP contribution in [0.3, 0.4) is 0 Å². The van der Waals surface area contributed by atoms with Gasteiger partial charge in [0.15, 0.2) is 16.1 Å². The molecular weight excluding hydrogens is 561 g/mol. The molecule has 0 bridgehead atoms. The van der Waals surface area contributed by atoms with Crippen LogP contribution in [0.4, 0.5) is 0 Å². The molecule has 0 aliphatic rings. The number of hydrogen-bond acceptors (Lipinski definition) is 0. The molecule has 7 rings (SSSR count). The van der Waals surface area contributed by atoms with E-state index in [1.807, 2.05) is 0 Å². The largest absolute Gasteiger partial charge is 0.172 e. The first kappa shape index (κ1) is 27.8. The Morgan fingerprint density at radius 2 is 0.818 bits per heavy atom. The molecule has 0 amide bonds. The van der Waals surface area contributed by atoms with Crippen molar-refractivity contribution in [2.75, 3.05) is 0 Å². The maximum Gasteiger partial charge on any atom is 0.172 e. The van der Waals surface area contributed by atoms with Gasteiger partial charge in [0.1, 0.15) is 0 Å². The van der Waals surface area contributed by atoms with Crippen molar-refractivity contribution >= 4 is 68.8 Å². The van der Waals surface area contributed by atoms with E-state index in [0.717, 1.165) is 0 Å². The van der Waals surface area contributed by atoms with Crippen molar-refractivity contribution in [1.29, 1.82) is 0 Å². The van der Waals surface area contributed by atoms with Gasteiger partial charge >= 0.3 is 0 Å². The van der Waals surface area contributed by atoms with Crippen LogP contribution in [0.5, 0.6) is 0 Å². The second-order valence-corrected chi connectivity index (χ2v) is 18.9. The molecule has 0 N–H and O–H groups in total. The molecule has 0 heterocycles. The van der Waals surface area contributed by atoms with Gasteiger partial charge in [0.25, 0.3) is 0 Å². The van der Waals surface area contributed by atoms with Gasteiger partial charge in [-0.3, -0.25) is 0 Å². The Balaban J connectivity index is 1.52. The highest BCUT2D eigenvalue weighted by Crippen LogP contribution is 2.25. The molecule has 0 radical (unpaired) electrons. The third-order valence-electron chi connectivity index (χ3n) is 9.25. The summed E-state index contributed by atoms with van der Waals surface area (Å²) in [5.74, 6) is 0. The van der Waals surface area contributed by atoms with Crippen LogP contribution in [0.25, 0.3) is 21.5 Å². The first-order chi connectivity index (χ1) is 21.7. The van der Waals surface area contributed by atoms with Gasteiger partial charge < -0.3 is 0 Å². The van der Waals surface area contributed by atoms with Gasteiger partial charge in [0, 0.05) is 0 Å². The lowest BCUT2D eigenvalue weighted by Crippen LogP contribution is -2.66. The molecule has 7 aromatic rings. The van der Waals surface area contributed by atoms with Gasteiger partial charge in [-0.2, -0.15) is 0 Å². The minimum Gasteiger partial charge on any atom is -0.106 e. The molecule has 0 spiro atoms. The Bertz CT molecular complexity index is 2000. The standard InChI is InChI=1S/C42H34Si2/c1-3-43(36-19-9-5-10-20-36,37-21-11-6-12-22-37)40-29-28-33-30-34-18-17-27-42(41(34)32-35(33)31-40)44(4-2,38-23-13-7-14-24-38)39-25-15-8-16-26-39/h3-32H,1-2H2. The van der Waals surface area contributed by atoms with E-state index in [2.05, 4.69) is 194 Å². The second-order valence-electron chi connectivity index (χ2n) is 11.4. The molecule has 0 aliphatic heterocycles. The van der Waals surface area contributed by atoms with E-state index in [4.69, 9.17) is 0 Å². The lowest BCUT2D eigenvalue weighted by molar-refractivity contribution is 1.70. The Kier molecular flexibility index (Phi) is 7.31. The molecule has 0 unspecified atom stereocenters. The molecule has 0 nitrogen and oxygen atoms in total. The zero-order valence-corrected chi connectivity index (χ0v) is 26.7. The molecule has 0 saturated heterocycles. The molecule has 0 atom stereocenters. The zero-order chi connectivity index (χ0) is 30.0. The highest BCUT2D eigenvalue weighted by Gasteiger charge is 2.38.